The van der Waals surface area contributed by atoms with Gasteiger partial charge in [-0.2, -0.15) is 0 Å². The van der Waals surface area contributed by atoms with Crippen LogP contribution in [-0.2, 0) is 11.2 Å². The molecule has 0 radical (unpaired) electrons. The second-order valence-corrected chi connectivity index (χ2v) is 4.37. The molecule has 1 atom stereocenters. The van der Waals surface area contributed by atoms with Crippen molar-refractivity contribution in [1.29, 1.82) is 0 Å². The molecule has 4 nitrogen and oxygen atoms in total. The summed E-state index contributed by atoms with van der Waals surface area (Å²) in [6.07, 6.45) is 2.43. The topological polar surface area (TPSA) is 55.0 Å². The molecule has 1 N–H and O–H groups in total. The minimum absolute atomic E-state index is 0.129. The van der Waals surface area contributed by atoms with Gasteiger partial charge in [0.15, 0.2) is 0 Å². The minimum atomic E-state index is -0.139. The highest BCUT2D eigenvalue weighted by atomic mass is 79.9. The Hall–Kier alpha value is -0.680. The van der Waals surface area contributed by atoms with Crippen molar-refractivity contribution in [2.75, 3.05) is 7.11 Å². The van der Waals surface area contributed by atoms with Gasteiger partial charge in [0.05, 0.1) is 5.69 Å². The lowest BCUT2D eigenvalue weighted by Gasteiger charge is -2.14. The summed E-state index contributed by atoms with van der Waals surface area (Å²) in [6, 6.07) is 0. The molecule has 0 saturated heterocycles. The van der Waals surface area contributed by atoms with Crippen LogP contribution in [0.2, 0.25) is 0 Å². The van der Waals surface area contributed by atoms with E-state index in [0.29, 0.717) is 10.3 Å². The first-order chi connectivity index (χ1) is 7.63. The smallest absolute Gasteiger partial charge is 0.265 e. The van der Waals surface area contributed by atoms with Crippen LogP contribution in [0.3, 0.4) is 0 Å². The standard InChI is InChI=1S/C11H17BrN2O2/c1-4-6-8(16-3)10-13-7(5-2)9(12)11(15)14-10/h8H,4-6H2,1-3H3,(H,13,14,15). The Balaban J connectivity index is 3.14. The molecular weight excluding hydrogens is 272 g/mol. The van der Waals surface area contributed by atoms with Crippen molar-refractivity contribution in [2.24, 2.45) is 0 Å². The van der Waals surface area contributed by atoms with Crippen molar-refractivity contribution >= 4 is 15.9 Å². The average Bonchev–Trinajstić information content (AvgIpc) is 2.29. The van der Waals surface area contributed by atoms with Crippen molar-refractivity contribution in [3.05, 3.63) is 26.3 Å². The average molecular weight is 289 g/mol. The molecule has 1 aromatic heterocycles. The molecule has 1 unspecified atom stereocenters. The molecule has 0 amide bonds. The Bertz CT molecular complexity index is 403. The van der Waals surface area contributed by atoms with Gasteiger partial charge in [-0.1, -0.05) is 20.3 Å². The summed E-state index contributed by atoms with van der Waals surface area (Å²) in [5.74, 6) is 0.620. The first-order valence-electron chi connectivity index (χ1n) is 5.45. The number of rotatable bonds is 5. The highest BCUT2D eigenvalue weighted by molar-refractivity contribution is 9.10. The van der Waals surface area contributed by atoms with Gasteiger partial charge < -0.3 is 9.72 Å². The van der Waals surface area contributed by atoms with Crippen molar-refractivity contribution < 1.29 is 4.74 Å². The number of ether oxygens (including phenoxy) is 1. The normalized spacial score (nSPS) is 12.8. The van der Waals surface area contributed by atoms with Gasteiger partial charge in [-0.3, -0.25) is 4.79 Å². The monoisotopic (exact) mass is 288 g/mol. The molecule has 5 heteroatoms. The fourth-order valence-electron chi connectivity index (χ4n) is 1.54. The zero-order valence-corrected chi connectivity index (χ0v) is 11.4. The van der Waals surface area contributed by atoms with E-state index in [-0.39, 0.29) is 11.7 Å². The number of hydrogen-bond acceptors (Lipinski definition) is 3. The number of aromatic amines is 1. The zero-order valence-electron chi connectivity index (χ0n) is 9.84. The summed E-state index contributed by atoms with van der Waals surface area (Å²) in [5.41, 5.74) is 0.636. The summed E-state index contributed by atoms with van der Waals surface area (Å²) in [4.78, 5) is 18.8. The molecule has 90 valence electrons. The fourth-order valence-corrected chi connectivity index (χ4v) is 2.01. The van der Waals surface area contributed by atoms with Crippen LogP contribution < -0.4 is 5.56 Å². The first kappa shape index (κ1) is 13.4. The number of aryl methyl sites for hydroxylation is 1. The number of hydrogen-bond donors (Lipinski definition) is 1. The van der Waals surface area contributed by atoms with Crippen LogP contribution in [-0.4, -0.2) is 17.1 Å². The van der Waals surface area contributed by atoms with Gasteiger partial charge in [-0.25, -0.2) is 4.98 Å². The quantitative estimate of drug-likeness (QED) is 0.906. The predicted molar refractivity (Wildman–Crippen MR) is 66.6 cm³/mol. The van der Waals surface area contributed by atoms with Crippen molar-refractivity contribution in [2.45, 2.75) is 39.2 Å². The Kier molecular flexibility index (Phi) is 5.15. The van der Waals surface area contributed by atoms with Crippen molar-refractivity contribution in [3.63, 3.8) is 0 Å². The number of methoxy groups -OCH3 is 1. The van der Waals surface area contributed by atoms with Crippen molar-refractivity contribution in [1.82, 2.24) is 9.97 Å². The Morgan fingerprint density at radius 2 is 2.19 bits per heavy atom. The van der Waals surface area contributed by atoms with Crippen LogP contribution in [0.5, 0.6) is 0 Å². The Morgan fingerprint density at radius 3 is 2.69 bits per heavy atom. The van der Waals surface area contributed by atoms with E-state index in [2.05, 4.69) is 32.8 Å². The molecule has 0 bridgehead atoms. The molecule has 1 aromatic rings. The van der Waals surface area contributed by atoms with Gasteiger partial charge >= 0.3 is 0 Å². The number of nitrogens with one attached hydrogen (secondary N) is 1. The lowest BCUT2D eigenvalue weighted by molar-refractivity contribution is 0.0871. The summed E-state index contributed by atoms with van der Waals surface area (Å²) in [5, 5.41) is 0. The van der Waals surface area contributed by atoms with Gasteiger partial charge in [0.2, 0.25) is 0 Å². The Morgan fingerprint density at radius 1 is 1.50 bits per heavy atom. The molecular formula is C11H17BrN2O2. The first-order valence-corrected chi connectivity index (χ1v) is 6.24. The summed E-state index contributed by atoms with van der Waals surface area (Å²) in [7, 11) is 1.63. The maximum absolute atomic E-state index is 11.6. The van der Waals surface area contributed by atoms with Gasteiger partial charge in [0, 0.05) is 7.11 Å². The van der Waals surface area contributed by atoms with E-state index in [4.69, 9.17) is 4.74 Å². The molecule has 0 aliphatic heterocycles. The van der Waals surface area contributed by atoms with Crippen LogP contribution in [0, 0.1) is 0 Å². The van der Waals surface area contributed by atoms with Crippen LogP contribution in [0.1, 0.15) is 44.3 Å². The molecule has 1 heterocycles. The molecule has 0 fully saturated rings. The molecule has 0 saturated carbocycles. The predicted octanol–water partition coefficient (Wildman–Crippen LogP) is 2.58. The zero-order chi connectivity index (χ0) is 12.1. The van der Waals surface area contributed by atoms with E-state index in [0.717, 1.165) is 25.0 Å². The molecule has 16 heavy (non-hydrogen) atoms. The van der Waals surface area contributed by atoms with Crippen LogP contribution in [0.15, 0.2) is 9.27 Å². The second-order valence-electron chi connectivity index (χ2n) is 3.58. The van der Waals surface area contributed by atoms with Gasteiger partial charge in [0.25, 0.3) is 5.56 Å². The van der Waals surface area contributed by atoms with Gasteiger partial charge in [0.1, 0.15) is 16.4 Å². The molecule has 0 aromatic carbocycles. The third-order valence-electron chi connectivity index (χ3n) is 2.42. The largest absolute Gasteiger partial charge is 0.374 e. The lowest BCUT2D eigenvalue weighted by atomic mass is 10.2. The highest BCUT2D eigenvalue weighted by Gasteiger charge is 2.15. The van der Waals surface area contributed by atoms with E-state index in [9.17, 15) is 4.79 Å². The highest BCUT2D eigenvalue weighted by Crippen LogP contribution is 2.19. The lowest BCUT2D eigenvalue weighted by Crippen LogP contribution is -2.18. The van der Waals surface area contributed by atoms with E-state index in [1.807, 2.05) is 6.92 Å². The number of halogens is 1. The molecule has 0 aliphatic rings. The van der Waals surface area contributed by atoms with E-state index < -0.39 is 0 Å². The molecule has 0 spiro atoms. The summed E-state index contributed by atoms with van der Waals surface area (Å²) < 4.78 is 5.84. The van der Waals surface area contributed by atoms with Crippen LogP contribution >= 0.6 is 15.9 Å². The van der Waals surface area contributed by atoms with E-state index >= 15 is 0 Å². The third kappa shape index (κ3) is 2.92. The maximum Gasteiger partial charge on any atom is 0.265 e. The number of H-pyrrole nitrogens is 1. The SMILES string of the molecule is CCCC(OC)c1nc(CC)c(Br)c(=O)[nH]1. The maximum atomic E-state index is 11.6. The van der Waals surface area contributed by atoms with Crippen LogP contribution in [0.4, 0.5) is 0 Å². The van der Waals surface area contributed by atoms with Crippen LogP contribution in [0.25, 0.3) is 0 Å². The second kappa shape index (κ2) is 6.15. The summed E-state index contributed by atoms with van der Waals surface area (Å²) >= 11 is 3.24. The number of aromatic nitrogens is 2. The van der Waals surface area contributed by atoms with Gasteiger partial charge in [-0.15, -0.1) is 0 Å². The third-order valence-corrected chi connectivity index (χ3v) is 3.24. The van der Waals surface area contributed by atoms with E-state index in [1.165, 1.54) is 0 Å². The minimum Gasteiger partial charge on any atom is -0.374 e. The summed E-state index contributed by atoms with van der Waals surface area (Å²) in [6.45, 7) is 4.04. The van der Waals surface area contributed by atoms with Crippen molar-refractivity contribution in [3.8, 4) is 0 Å². The van der Waals surface area contributed by atoms with E-state index in [1.54, 1.807) is 7.11 Å². The Labute approximate surface area is 104 Å². The van der Waals surface area contributed by atoms with Gasteiger partial charge in [-0.05, 0) is 28.8 Å². The number of nitrogens with zero attached hydrogens (tertiary/aromatic N) is 1. The fraction of sp³-hybridized carbons (Fsp3) is 0.636. The molecule has 1 rings (SSSR count). The molecule has 0 aliphatic carbocycles.